The smallest absolute Gasteiger partial charge is 0.159 e. The molecule has 118 valence electrons. The van der Waals surface area contributed by atoms with E-state index in [1.165, 1.54) is 11.3 Å². The zero-order valence-corrected chi connectivity index (χ0v) is 13.0. The molecule has 2 aromatic heterocycles. The van der Waals surface area contributed by atoms with Crippen LogP contribution in [0.15, 0.2) is 30.5 Å². The molecule has 0 saturated carbocycles. The van der Waals surface area contributed by atoms with Crippen LogP contribution in [0.1, 0.15) is 17.7 Å². The number of nitrogens with one attached hydrogen (secondary N) is 1. The van der Waals surface area contributed by atoms with E-state index in [0.29, 0.717) is 11.7 Å². The van der Waals surface area contributed by atoms with Gasteiger partial charge in [0, 0.05) is 17.9 Å². The third-order valence-corrected chi connectivity index (χ3v) is 4.63. The van der Waals surface area contributed by atoms with Crippen LogP contribution in [0.5, 0.6) is 5.75 Å². The van der Waals surface area contributed by atoms with Gasteiger partial charge in [0.05, 0.1) is 24.3 Å². The second-order valence-electron chi connectivity index (χ2n) is 6.06. The van der Waals surface area contributed by atoms with Crippen LogP contribution in [-0.2, 0) is 12.8 Å². The molecule has 1 aromatic carbocycles. The predicted molar refractivity (Wildman–Crippen MR) is 88.5 cm³/mol. The number of nitrogens with zero attached hydrogens (tertiary/aromatic N) is 2. The van der Waals surface area contributed by atoms with Crippen molar-refractivity contribution in [3.63, 3.8) is 0 Å². The first kappa shape index (κ1) is 14.2. The Kier molecular flexibility index (Phi) is 3.50. The number of aromatic nitrogens is 3. The van der Waals surface area contributed by atoms with Crippen LogP contribution in [0.2, 0.25) is 0 Å². The molecule has 1 atom stereocenters. The van der Waals surface area contributed by atoms with E-state index in [0.717, 1.165) is 41.6 Å². The van der Waals surface area contributed by atoms with Crippen molar-refractivity contribution in [3.8, 4) is 17.1 Å². The quantitative estimate of drug-likeness (QED) is 0.780. The summed E-state index contributed by atoms with van der Waals surface area (Å²) in [5, 5.41) is 9.45. The van der Waals surface area contributed by atoms with Crippen LogP contribution in [0, 0.1) is 5.92 Å². The number of methoxy groups -OCH3 is 1. The molecule has 5 heteroatoms. The summed E-state index contributed by atoms with van der Waals surface area (Å²) >= 11 is 0. The average molecular weight is 309 g/mol. The zero-order chi connectivity index (χ0) is 15.8. The summed E-state index contributed by atoms with van der Waals surface area (Å²) in [6, 6.07) is 7.76. The highest BCUT2D eigenvalue weighted by Crippen LogP contribution is 2.31. The van der Waals surface area contributed by atoms with Gasteiger partial charge in [-0.25, -0.2) is 9.97 Å². The van der Waals surface area contributed by atoms with Crippen molar-refractivity contribution in [2.75, 3.05) is 13.7 Å². The van der Waals surface area contributed by atoms with Gasteiger partial charge >= 0.3 is 0 Å². The molecule has 23 heavy (non-hydrogen) atoms. The van der Waals surface area contributed by atoms with Crippen LogP contribution in [0.3, 0.4) is 0 Å². The normalized spacial score (nSPS) is 17.2. The number of ether oxygens (including phenoxy) is 1. The number of hydrogen-bond acceptors (Lipinski definition) is 4. The number of benzene rings is 1. The summed E-state index contributed by atoms with van der Waals surface area (Å²) in [6.07, 6.45) is 4.73. The summed E-state index contributed by atoms with van der Waals surface area (Å²) in [6.45, 7) is 0.239. The van der Waals surface area contributed by atoms with Gasteiger partial charge in [0.25, 0.3) is 0 Å². The van der Waals surface area contributed by atoms with Crippen LogP contribution in [-0.4, -0.2) is 33.8 Å². The highest BCUT2D eigenvalue weighted by molar-refractivity contribution is 5.82. The molecule has 1 aliphatic carbocycles. The number of hydrogen-bond donors (Lipinski definition) is 2. The van der Waals surface area contributed by atoms with E-state index in [1.807, 2.05) is 30.5 Å². The largest absolute Gasteiger partial charge is 0.497 e. The minimum Gasteiger partial charge on any atom is -0.497 e. The van der Waals surface area contributed by atoms with Gasteiger partial charge in [0.1, 0.15) is 5.75 Å². The number of aliphatic hydroxyl groups excluding tert-OH is 1. The van der Waals surface area contributed by atoms with Crippen LogP contribution < -0.4 is 4.74 Å². The minimum absolute atomic E-state index is 0.239. The fraction of sp³-hybridized carbons (Fsp3) is 0.333. The lowest BCUT2D eigenvalue weighted by atomic mass is 9.88. The van der Waals surface area contributed by atoms with E-state index in [1.54, 1.807) is 7.11 Å². The van der Waals surface area contributed by atoms with Gasteiger partial charge in [-0.15, -0.1) is 0 Å². The lowest BCUT2D eigenvalue weighted by molar-refractivity contribution is 0.213. The Morgan fingerprint density at radius 3 is 2.87 bits per heavy atom. The van der Waals surface area contributed by atoms with Crippen molar-refractivity contribution in [2.24, 2.45) is 5.92 Å². The van der Waals surface area contributed by atoms with Crippen molar-refractivity contribution >= 4 is 11.0 Å². The molecule has 2 N–H and O–H groups in total. The molecule has 3 aromatic rings. The summed E-state index contributed by atoms with van der Waals surface area (Å²) in [7, 11) is 1.65. The highest BCUT2D eigenvalue weighted by Gasteiger charge is 2.23. The molecule has 0 aliphatic heterocycles. The molecule has 0 radical (unpaired) electrons. The maximum Gasteiger partial charge on any atom is 0.159 e. The number of fused-ring (bicyclic) bond motifs is 3. The van der Waals surface area contributed by atoms with Gasteiger partial charge in [-0.2, -0.15) is 0 Å². The second kappa shape index (κ2) is 5.66. The first-order valence-electron chi connectivity index (χ1n) is 7.90. The molecule has 1 unspecified atom stereocenters. The van der Waals surface area contributed by atoms with E-state index >= 15 is 0 Å². The summed E-state index contributed by atoms with van der Waals surface area (Å²) in [5.74, 6) is 1.87. The van der Waals surface area contributed by atoms with E-state index in [4.69, 9.17) is 9.72 Å². The number of aliphatic hydroxyl groups is 1. The van der Waals surface area contributed by atoms with Crippen LogP contribution in [0.4, 0.5) is 0 Å². The standard InChI is InChI=1S/C18H19N3O2/c1-23-13-5-3-12(4-6-13)18-19-9-16-17(21-18)14-8-11(10-22)2-7-15(14)20-16/h3-6,9,11,20,22H,2,7-8,10H2,1H3. The van der Waals surface area contributed by atoms with E-state index < -0.39 is 0 Å². The molecule has 2 heterocycles. The van der Waals surface area contributed by atoms with Gasteiger partial charge in [0.15, 0.2) is 5.82 Å². The Labute approximate surface area is 134 Å². The molecule has 0 bridgehead atoms. The maximum absolute atomic E-state index is 9.45. The van der Waals surface area contributed by atoms with E-state index in [2.05, 4.69) is 9.97 Å². The van der Waals surface area contributed by atoms with Crippen LogP contribution >= 0.6 is 0 Å². The SMILES string of the molecule is COc1ccc(-c2ncc3[nH]c4c(c3n2)CC(CO)CC4)cc1. The number of H-pyrrole nitrogens is 1. The Hall–Kier alpha value is -2.40. The van der Waals surface area contributed by atoms with Crippen molar-refractivity contribution in [3.05, 3.63) is 41.7 Å². The fourth-order valence-corrected chi connectivity index (χ4v) is 3.29. The molecular weight excluding hydrogens is 290 g/mol. The van der Waals surface area contributed by atoms with Crippen molar-refractivity contribution in [1.82, 2.24) is 15.0 Å². The monoisotopic (exact) mass is 309 g/mol. The molecule has 0 spiro atoms. The minimum atomic E-state index is 0.239. The summed E-state index contributed by atoms with van der Waals surface area (Å²) in [5.41, 5.74) is 5.41. The molecule has 0 fully saturated rings. The first-order chi connectivity index (χ1) is 11.3. The maximum atomic E-state index is 9.45. The topological polar surface area (TPSA) is 71.0 Å². The predicted octanol–water partition coefficient (Wildman–Crippen LogP) is 2.73. The number of aromatic amines is 1. The Morgan fingerprint density at radius 1 is 1.30 bits per heavy atom. The molecule has 4 rings (SSSR count). The van der Waals surface area contributed by atoms with Gasteiger partial charge < -0.3 is 14.8 Å². The zero-order valence-electron chi connectivity index (χ0n) is 13.0. The summed E-state index contributed by atoms with van der Waals surface area (Å²) < 4.78 is 5.19. The number of aryl methyl sites for hydroxylation is 1. The average Bonchev–Trinajstić information content (AvgIpc) is 2.98. The van der Waals surface area contributed by atoms with Gasteiger partial charge in [-0.05, 0) is 55.0 Å². The van der Waals surface area contributed by atoms with E-state index in [-0.39, 0.29) is 6.61 Å². The lowest BCUT2D eigenvalue weighted by Gasteiger charge is -2.19. The van der Waals surface area contributed by atoms with E-state index in [9.17, 15) is 5.11 Å². The molecule has 5 nitrogen and oxygen atoms in total. The van der Waals surface area contributed by atoms with Gasteiger partial charge in [0.2, 0.25) is 0 Å². The second-order valence-corrected chi connectivity index (χ2v) is 6.06. The highest BCUT2D eigenvalue weighted by atomic mass is 16.5. The van der Waals surface area contributed by atoms with Gasteiger partial charge in [-0.3, -0.25) is 0 Å². The molecular formula is C18H19N3O2. The lowest BCUT2D eigenvalue weighted by Crippen LogP contribution is -2.16. The first-order valence-corrected chi connectivity index (χ1v) is 7.90. The summed E-state index contributed by atoms with van der Waals surface area (Å²) in [4.78, 5) is 12.7. The molecule has 0 amide bonds. The molecule has 1 aliphatic rings. The Morgan fingerprint density at radius 2 is 2.13 bits per heavy atom. The van der Waals surface area contributed by atoms with Crippen molar-refractivity contribution in [1.29, 1.82) is 0 Å². The fourth-order valence-electron chi connectivity index (χ4n) is 3.29. The van der Waals surface area contributed by atoms with Gasteiger partial charge in [-0.1, -0.05) is 0 Å². The van der Waals surface area contributed by atoms with Crippen molar-refractivity contribution in [2.45, 2.75) is 19.3 Å². The van der Waals surface area contributed by atoms with Crippen molar-refractivity contribution < 1.29 is 9.84 Å². The number of rotatable bonds is 3. The third-order valence-electron chi connectivity index (χ3n) is 4.63. The Balaban J connectivity index is 1.77. The Bertz CT molecular complexity index is 839. The van der Waals surface area contributed by atoms with Crippen LogP contribution in [0.25, 0.3) is 22.4 Å². The molecule has 0 saturated heterocycles. The third kappa shape index (κ3) is 2.47.